The molecule has 1 unspecified atom stereocenters. The van der Waals surface area contributed by atoms with Crippen molar-refractivity contribution in [3.05, 3.63) is 87.8 Å². The molecule has 5 N–H and O–H groups in total. The summed E-state index contributed by atoms with van der Waals surface area (Å²) in [5.41, 5.74) is 14.1. The van der Waals surface area contributed by atoms with Gasteiger partial charge in [-0.2, -0.15) is 0 Å². The highest BCUT2D eigenvalue weighted by Gasteiger charge is 2.37. The van der Waals surface area contributed by atoms with Crippen molar-refractivity contribution in [1.29, 1.82) is 0 Å². The second-order valence-corrected chi connectivity index (χ2v) is 10.1. The number of nitrogens with zero attached hydrogens (tertiary/aromatic N) is 3. The molecule has 2 aromatic rings. The first kappa shape index (κ1) is 25.8. The summed E-state index contributed by atoms with van der Waals surface area (Å²) in [6.07, 6.45) is 5.48. The first-order chi connectivity index (χ1) is 18.9. The molecule has 204 valence electrons. The lowest BCUT2D eigenvalue weighted by Gasteiger charge is -2.37. The van der Waals surface area contributed by atoms with Gasteiger partial charge in [0, 0.05) is 42.5 Å². The fourth-order valence-corrected chi connectivity index (χ4v) is 5.53. The van der Waals surface area contributed by atoms with E-state index in [0.29, 0.717) is 26.1 Å². The standard InChI is InChI=1S/C27H29ClFN7O3/c1-2-39-17-10-18(25-20-12-31-33-26(20)34-36(25)13-17)15-3-6-24(30-11-15)35-8-7-22(23(37)14-35)32-27(38)19-9-16(29)4-5-21(19)28/h3-6,9-11,13,22-23,26,31,33-34,37H,2,7-8,12,14H2,1H3,(H,32,38)/t22-,23+,26?/m0/s1. The third kappa shape index (κ3) is 4.99. The van der Waals surface area contributed by atoms with Crippen LogP contribution in [0.4, 0.5) is 10.2 Å². The number of piperidine rings is 1. The number of β-amino-alcohol motifs (C(OH)–C–C–N with tert-alkyl or cyclic N) is 1. The minimum absolute atomic E-state index is 0.00748. The topological polar surface area (TPSA) is 114 Å². The van der Waals surface area contributed by atoms with Gasteiger partial charge in [-0.1, -0.05) is 11.6 Å². The number of rotatable bonds is 6. The number of fused-ring (bicyclic) bond motifs is 2. The zero-order valence-electron chi connectivity index (χ0n) is 21.2. The van der Waals surface area contributed by atoms with Gasteiger partial charge in [0.15, 0.2) is 0 Å². The number of pyridine rings is 1. The third-order valence-corrected chi connectivity index (χ3v) is 7.58. The number of hydrazine groups is 2. The molecule has 4 aliphatic heterocycles. The summed E-state index contributed by atoms with van der Waals surface area (Å²) >= 11 is 6.06. The van der Waals surface area contributed by atoms with Crippen LogP contribution in [-0.2, 0) is 4.74 Å². The number of benzene rings is 1. The number of aliphatic hydroxyl groups excluding tert-OH is 1. The van der Waals surface area contributed by atoms with Crippen molar-refractivity contribution in [1.82, 2.24) is 31.6 Å². The number of aliphatic hydroxyl groups is 1. The van der Waals surface area contributed by atoms with Crippen LogP contribution in [0.2, 0.25) is 5.02 Å². The van der Waals surface area contributed by atoms with Crippen molar-refractivity contribution in [3.8, 4) is 0 Å². The Hall–Kier alpha value is -3.48. The molecule has 6 rings (SSSR count). The van der Waals surface area contributed by atoms with Crippen molar-refractivity contribution in [2.24, 2.45) is 0 Å². The molecule has 2 fully saturated rings. The van der Waals surface area contributed by atoms with Crippen LogP contribution < -0.4 is 26.5 Å². The zero-order chi connectivity index (χ0) is 27.1. The maximum atomic E-state index is 13.6. The molecule has 3 atom stereocenters. The maximum Gasteiger partial charge on any atom is 0.253 e. The quantitative estimate of drug-likeness (QED) is 0.367. The van der Waals surface area contributed by atoms with E-state index in [-0.39, 0.29) is 16.8 Å². The van der Waals surface area contributed by atoms with Crippen molar-refractivity contribution in [2.75, 3.05) is 31.1 Å². The fourth-order valence-electron chi connectivity index (χ4n) is 5.33. The molecule has 1 aromatic heterocycles. The first-order valence-corrected chi connectivity index (χ1v) is 13.3. The van der Waals surface area contributed by atoms with Crippen LogP contribution in [0.3, 0.4) is 0 Å². The first-order valence-electron chi connectivity index (χ1n) is 12.9. The smallest absolute Gasteiger partial charge is 0.253 e. The van der Waals surface area contributed by atoms with Crippen LogP contribution in [0.15, 0.2) is 65.8 Å². The molecule has 0 spiro atoms. The third-order valence-electron chi connectivity index (χ3n) is 7.25. The van der Waals surface area contributed by atoms with E-state index in [1.807, 2.05) is 47.4 Å². The van der Waals surface area contributed by atoms with Crippen molar-refractivity contribution >= 4 is 28.9 Å². The average Bonchev–Trinajstić information content (AvgIpc) is 3.52. The number of ether oxygens (including phenoxy) is 1. The van der Waals surface area contributed by atoms with Crippen LogP contribution in [0.1, 0.15) is 29.3 Å². The summed E-state index contributed by atoms with van der Waals surface area (Å²) in [6.45, 7) is 4.11. The number of nitrogens with one attached hydrogen (secondary N) is 4. The molecule has 10 nitrogen and oxygen atoms in total. The molecule has 5 heterocycles. The van der Waals surface area contributed by atoms with Gasteiger partial charge < -0.3 is 20.1 Å². The monoisotopic (exact) mass is 553 g/mol. The largest absolute Gasteiger partial charge is 0.492 e. The lowest BCUT2D eigenvalue weighted by atomic mass is 9.97. The Kier molecular flexibility index (Phi) is 7.00. The van der Waals surface area contributed by atoms with E-state index in [9.17, 15) is 14.3 Å². The van der Waals surface area contributed by atoms with E-state index in [2.05, 4.69) is 21.6 Å². The molecule has 12 heteroatoms. The Morgan fingerprint density at radius 2 is 2.21 bits per heavy atom. The highest BCUT2D eigenvalue weighted by molar-refractivity contribution is 6.33. The van der Waals surface area contributed by atoms with Gasteiger partial charge in [0.2, 0.25) is 0 Å². The van der Waals surface area contributed by atoms with Crippen LogP contribution in [0.25, 0.3) is 5.57 Å². The fraction of sp³-hybridized carbons (Fsp3) is 0.333. The molecule has 4 aliphatic rings. The Balaban J connectivity index is 1.15. The van der Waals surface area contributed by atoms with Gasteiger partial charge in [-0.3, -0.25) is 15.2 Å². The van der Waals surface area contributed by atoms with E-state index in [1.165, 1.54) is 17.7 Å². The van der Waals surface area contributed by atoms with Crippen molar-refractivity contribution in [3.63, 3.8) is 0 Å². The molecular weight excluding hydrogens is 525 g/mol. The Morgan fingerprint density at radius 3 is 2.97 bits per heavy atom. The molecule has 2 saturated heterocycles. The van der Waals surface area contributed by atoms with E-state index in [0.717, 1.165) is 41.0 Å². The highest BCUT2D eigenvalue weighted by Crippen LogP contribution is 2.38. The molecule has 1 amide bonds. The van der Waals surface area contributed by atoms with Crippen molar-refractivity contribution in [2.45, 2.75) is 31.7 Å². The van der Waals surface area contributed by atoms with Gasteiger partial charge in [-0.25, -0.2) is 20.2 Å². The Labute approximate surface area is 230 Å². The number of aromatic nitrogens is 1. The minimum Gasteiger partial charge on any atom is -0.492 e. The van der Waals surface area contributed by atoms with Crippen LogP contribution in [0.5, 0.6) is 0 Å². The molecular formula is C27H29ClFN7O3. The summed E-state index contributed by atoms with van der Waals surface area (Å²) < 4.78 is 19.4. The normalized spacial score (nSPS) is 24.3. The lowest BCUT2D eigenvalue weighted by Crippen LogP contribution is -2.54. The van der Waals surface area contributed by atoms with Gasteiger partial charge >= 0.3 is 0 Å². The van der Waals surface area contributed by atoms with Crippen LogP contribution in [0, 0.1) is 5.82 Å². The van der Waals surface area contributed by atoms with Gasteiger partial charge in [0.05, 0.1) is 41.2 Å². The number of carbonyl (C=O) groups is 1. The van der Waals surface area contributed by atoms with Crippen molar-refractivity contribution < 1.29 is 19.0 Å². The molecule has 0 bridgehead atoms. The summed E-state index contributed by atoms with van der Waals surface area (Å²) in [5, 5.41) is 15.7. The van der Waals surface area contributed by atoms with E-state index >= 15 is 0 Å². The summed E-state index contributed by atoms with van der Waals surface area (Å²) in [6, 6.07) is 7.10. The number of carbonyl (C=O) groups excluding carboxylic acids is 1. The number of allylic oxidation sites excluding steroid dienone is 2. The Bertz CT molecular complexity index is 1380. The number of hydrogen-bond acceptors (Lipinski definition) is 9. The number of amides is 1. The van der Waals surface area contributed by atoms with Gasteiger partial charge in [0.1, 0.15) is 23.6 Å². The second kappa shape index (κ2) is 10.6. The van der Waals surface area contributed by atoms with E-state index in [4.69, 9.17) is 21.3 Å². The van der Waals surface area contributed by atoms with Crippen LogP contribution in [-0.4, -0.2) is 65.6 Å². The molecule has 0 aliphatic carbocycles. The van der Waals surface area contributed by atoms with Crippen LogP contribution >= 0.6 is 11.6 Å². The molecule has 1 aromatic carbocycles. The Morgan fingerprint density at radius 1 is 1.33 bits per heavy atom. The van der Waals surface area contributed by atoms with Gasteiger partial charge in [0.25, 0.3) is 5.91 Å². The van der Waals surface area contributed by atoms with Gasteiger partial charge in [-0.15, -0.1) is 0 Å². The maximum absolute atomic E-state index is 13.6. The molecule has 0 saturated carbocycles. The second-order valence-electron chi connectivity index (χ2n) is 9.74. The van der Waals surface area contributed by atoms with E-state index in [1.54, 1.807) is 0 Å². The summed E-state index contributed by atoms with van der Waals surface area (Å²) in [4.78, 5) is 19.3. The molecule has 0 radical (unpaired) electrons. The summed E-state index contributed by atoms with van der Waals surface area (Å²) in [5.74, 6) is 0.428. The molecule has 39 heavy (non-hydrogen) atoms. The lowest BCUT2D eigenvalue weighted by molar-refractivity contribution is 0.0797. The number of hydrogen-bond donors (Lipinski definition) is 5. The predicted molar refractivity (Wildman–Crippen MR) is 144 cm³/mol. The highest BCUT2D eigenvalue weighted by atomic mass is 35.5. The summed E-state index contributed by atoms with van der Waals surface area (Å²) in [7, 11) is 0. The average molecular weight is 554 g/mol. The SMILES string of the molecule is CCOC1=CN2NC3NNCC3=C2C(c2ccc(N3CC[C@H](NC(=O)c4cc(F)ccc4Cl)[C@H](O)C3)nc2)=C1. The number of anilines is 1. The van der Waals surface area contributed by atoms with Gasteiger partial charge in [-0.05, 0) is 49.8 Å². The predicted octanol–water partition coefficient (Wildman–Crippen LogP) is 2.03. The number of halogens is 2. The zero-order valence-corrected chi connectivity index (χ0v) is 22.0. The van der Waals surface area contributed by atoms with E-state index < -0.39 is 23.9 Å². The minimum atomic E-state index is -0.833.